The number of aromatic nitrogens is 2. The molecule has 1 aliphatic rings. The summed E-state index contributed by atoms with van der Waals surface area (Å²) in [5, 5.41) is 14.3. The Labute approximate surface area is 196 Å². The molecule has 1 aliphatic heterocycles. The average Bonchev–Trinajstić information content (AvgIpc) is 2.80. The summed E-state index contributed by atoms with van der Waals surface area (Å²) >= 11 is 0. The van der Waals surface area contributed by atoms with Crippen molar-refractivity contribution in [1.29, 1.82) is 5.41 Å². The van der Waals surface area contributed by atoms with Crippen molar-refractivity contribution in [3.8, 4) is 17.2 Å². The van der Waals surface area contributed by atoms with Gasteiger partial charge in [-0.1, -0.05) is 0 Å². The van der Waals surface area contributed by atoms with Gasteiger partial charge in [-0.05, 0) is 6.92 Å². The predicted molar refractivity (Wildman–Crippen MR) is 123 cm³/mol. The Morgan fingerprint density at radius 1 is 1.26 bits per heavy atom. The van der Waals surface area contributed by atoms with E-state index in [2.05, 4.69) is 32.4 Å². The molecule has 0 amide bonds. The summed E-state index contributed by atoms with van der Waals surface area (Å²) in [5.74, 6) is -1.49. The molecule has 3 rings (SSSR count). The molecule has 10 nitrogen and oxygen atoms in total. The molecule has 1 atom stereocenters. The second-order valence-corrected chi connectivity index (χ2v) is 7.76. The third-order valence-electron chi connectivity index (χ3n) is 5.11. The van der Waals surface area contributed by atoms with Crippen LogP contribution in [0.3, 0.4) is 0 Å². The van der Waals surface area contributed by atoms with Gasteiger partial charge < -0.3 is 36.0 Å². The fourth-order valence-electron chi connectivity index (χ4n) is 3.47. The molecule has 1 saturated heterocycles. The van der Waals surface area contributed by atoms with Crippen LogP contribution in [0.4, 0.5) is 14.7 Å². The number of rotatable bonds is 10. The number of benzene rings is 1. The van der Waals surface area contributed by atoms with Crippen molar-refractivity contribution >= 4 is 11.7 Å². The Hall–Kier alpha value is -3.51. The van der Waals surface area contributed by atoms with E-state index in [-0.39, 0.29) is 34.6 Å². The highest BCUT2D eigenvalue weighted by molar-refractivity contribution is 5.94. The van der Waals surface area contributed by atoms with Crippen LogP contribution in [0.5, 0.6) is 17.2 Å². The number of methoxy groups -OCH3 is 2. The van der Waals surface area contributed by atoms with Gasteiger partial charge in [0.05, 0.1) is 32.2 Å². The van der Waals surface area contributed by atoms with Crippen LogP contribution in [0.1, 0.15) is 12.5 Å². The van der Waals surface area contributed by atoms with E-state index in [1.54, 1.807) is 0 Å². The van der Waals surface area contributed by atoms with Crippen LogP contribution >= 0.6 is 0 Å². The van der Waals surface area contributed by atoms with E-state index >= 15 is 0 Å². The SMILES string of the molecule is COc1cc(OC)c(F)c(COc2cnc(N/C(N)=C/C(=N)CN3CCN[C@@H](C)C3)nc2)c1F. The van der Waals surface area contributed by atoms with Crippen molar-refractivity contribution in [3.05, 3.63) is 47.6 Å². The molecule has 0 saturated carbocycles. The third-order valence-corrected chi connectivity index (χ3v) is 5.11. The first kappa shape index (κ1) is 25.1. The predicted octanol–water partition coefficient (Wildman–Crippen LogP) is 1.88. The number of nitrogens with zero attached hydrogens (tertiary/aromatic N) is 3. The number of nitrogens with two attached hydrogens (primary N) is 1. The van der Waals surface area contributed by atoms with Crippen molar-refractivity contribution in [2.45, 2.75) is 19.6 Å². The van der Waals surface area contributed by atoms with Gasteiger partial charge in [0.15, 0.2) is 28.9 Å². The largest absolute Gasteiger partial charge is 0.494 e. The quantitative estimate of drug-likeness (QED) is 0.379. The molecule has 0 aliphatic carbocycles. The molecule has 2 aromatic rings. The zero-order valence-electron chi connectivity index (χ0n) is 19.3. The van der Waals surface area contributed by atoms with E-state index in [1.165, 1.54) is 32.7 Å². The maximum absolute atomic E-state index is 14.4. The van der Waals surface area contributed by atoms with Crippen molar-refractivity contribution in [1.82, 2.24) is 20.2 Å². The molecule has 1 aromatic carbocycles. The van der Waals surface area contributed by atoms with Gasteiger partial charge >= 0.3 is 0 Å². The number of piperazine rings is 1. The van der Waals surface area contributed by atoms with Gasteiger partial charge in [-0.15, -0.1) is 0 Å². The number of hydrogen-bond acceptors (Lipinski definition) is 10. The molecule has 2 heterocycles. The second kappa shape index (κ2) is 11.6. The number of ether oxygens (including phenoxy) is 3. The van der Waals surface area contributed by atoms with Gasteiger partial charge in [0.25, 0.3) is 0 Å². The summed E-state index contributed by atoms with van der Waals surface area (Å²) in [6.45, 7) is 4.79. The molecular formula is C22H29F2N7O3. The smallest absolute Gasteiger partial charge is 0.228 e. The summed E-state index contributed by atoms with van der Waals surface area (Å²) < 4.78 is 44.2. The van der Waals surface area contributed by atoms with Crippen molar-refractivity contribution in [3.63, 3.8) is 0 Å². The fraction of sp³-hybridized carbons (Fsp3) is 0.409. The normalized spacial score (nSPS) is 16.7. The number of nitrogens with one attached hydrogen (secondary N) is 3. The number of anilines is 1. The van der Waals surface area contributed by atoms with Crippen molar-refractivity contribution in [2.24, 2.45) is 5.73 Å². The van der Waals surface area contributed by atoms with Gasteiger partial charge in [-0.25, -0.2) is 18.7 Å². The number of halogens is 2. The Balaban J connectivity index is 1.57. The van der Waals surface area contributed by atoms with Crippen LogP contribution in [0, 0.1) is 17.0 Å². The highest BCUT2D eigenvalue weighted by Crippen LogP contribution is 2.31. The molecule has 184 valence electrons. The lowest BCUT2D eigenvalue weighted by Crippen LogP contribution is -2.50. The first-order chi connectivity index (χ1) is 16.3. The van der Waals surface area contributed by atoms with E-state index < -0.39 is 18.2 Å². The van der Waals surface area contributed by atoms with Gasteiger partial charge in [-0.3, -0.25) is 4.90 Å². The van der Waals surface area contributed by atoms with E-state index in [0.29, 0.717) is 18.3 Å². The Kier molecular flexibility index (Phi) is 8.55. The molecule has 0 spiro atoms. The first-order valence-corrected chi connectivity index (χ1v) is 10.6. The van der Waals surface area contributed by atoms with E-state index in [4.69, 9.17) is 25.4 Å². The summed E-state index contributed by atoms with van der Waals surface area (Å²) in [6.07, 6.45) is 4.19. The number of hydrogen-bond donors (Lipinski definition) is 4. The monoisotopic (exact) mass is 477 g/mol. The lowest BCUT2D eigenvalue weighted by Gasteiger charge is -2.31. The summed E-state index contributed by atoms with van der Waals surface area (Å²) in [4.78, 5) is 10.3. The topological polar surface area (TPSA) is 131 Å². The maximum atomic E-state index is 14.4. The van der Waals surface area contributed by atoms with Crippen LogP contribution in [0.25, 0.3) is 0 Å². The van der Waals surface area contributed by atoms with Crippen LogP contribution in [0.2, 0.25) is 0 Å². The van der Waals surface area contributed by atoms with Crippen LogP contribution in [0.15, 0.2) is 30.4 Å². The molecule has 0 radical (unpaired) electrons. The maximum Gasteiger partial charge on any atom is 0.228 e. The minimum atomic E-state index is -0.879. The molecular weight excluding hydrogens is 448 g/mol. The molecule has 1 fully saturated rings. The van der Waals surface area contributed by atoms with Crippen LogP contribution < -0.4 is 30.6 Å². The molecule has 0 bridgehead atoms. The first-order valence-electron chi connectivity index (χ1n) is 10.6. The van der Waals surface area contributed by atoms with E-state index in [9.17, 15) is 8.78 Å². The zero-order chi connectivity index (χ0) is 24.7. The van der Waals surface area contributed by atoms with Crippen molar-refractivity contribution in [2.75, 3.05) is 45.7 Å². The second-order valence-electron chi connectivity index (χ2n) is 7.76. The standard InChI is InChI=1S/C22H29F2N7O3/c1-13-10-31(5-4-27-13)11-14(25)6-19(26)30-22-28-8-15(9-29-22)34-12-16-20(23)17(32-2)7-18(33-3)21(16)24/h6-9,13,25,27H,4-5,10-12,26H2,1-3H3,(H,28,29,30)/b19-6+,25-14?/t13-/m0/s1. The minimum absolute atomic E-state index is 0.160. The third kappa shape index (κ3) is 6.51. The molecule has 34 heavy (non-hydrogen) atoms. The van der Waals surface area contributed by atoms with Gasteiger partial charge in [-0.2, -0.15) is 0 Å². The van der Waals surface area contributed by atoms with Gasteiger partial charge in [0.1, 0.15) is 12.4 Å². The van der Waals surface area contributed by atoms with Gasteiger partial charge in [0.2, 0.25) is 5.95 Å². The molecule has 0 unspecified atom stereocenters. The Morgan fingerprint density at radius 3 is 2.50 bits per heavy atom. The van der Waals surface area contributed by atoms with Crippen molar-refractivity contribution < 1.29 is 23.0 Å². The Morgan fingerprint density at radius 2 is 1.91 bits per heavy atom. The molecule has 5 N–H and O–H groups in total. The highest BCUT2D eigenvalue weighted by atomic mass is 19.1. The van der Waals surface area contributed by atoms with Gasteiger partial charge in [0, 0.05) is 50.1 Å². The van der Waals surface area contributed by atoms with E-state index in [0.717, 1.165) is 25.7 Å². The summed E-state index contributed by atoms with van der Waals surface area (Å²) in [7, 11) is 2.54. The summed E-state index contributed by atoms with van der Waals surface area (Å²) in [6, 6.07) is 1.51. The lowest BCUT2D eigenvalue weighted by molar-refractivity contribution is 0.232. The lowest BCUT2D eigenvalue weighted by atomic mass is 10.1. The fourth-order valence-corrected chi connectivity index (χ4v) is 3.47. The molecule has 1 aromatic heterocycles. The average molecular weight is 478 g/mol. The highest BCUT2D eigenvalue weighted by Gasteiger charge is 2.21. The zero-order valence-corrected chi connectivity index (χ0v) is 19.3. The minimum Gasteiger partial charge on any atom is -0.494 e. The van der Waals surface area contributed by atoms with E-state index in [1.807, 2.05) is 0 Å². The van der Waals surface area contributed by atoms with Crippen LogP contribution in [-0.4, -0.2) is 67.0 Å². The van der Waals surface area contributed by atoms with Crippen LogP contribution in [-0.2, 0) is 6.61 Å². The molecule has 12 heteroatoms. The summed E-state index contributed by atoms with van der Waals surface area (Å²) in [5.41, 5.74) is 5.97. The Bertz CT molecular complexity index is 1010.